The van der Waals surface area contributed by atoms with Crippen LogP contribution in [0, 0.1) is 32.9 Å². The van der Waals surface area contributed by atoms with E-state index >= 15 is 0 Å². The second-order valence-electron chi connectivity index (χ2n) is 13.9. The van der Waals surface area contributed by atoms with Gasteiger partial charge in [-0.2, -0.15) is 6.07 Å². The first kappa shape index (κ1) is 30.8. The fourth-order valence-electron chi connectivity index (χ4n) is 8.36. The Morgan fingerprint density at radius 2 is 1.44 bits per heavy atom. The Labute approximate surface area is 304 Å². The Morgan fingerprint density at radius 1 is 0.720 bits per heavy atom. The monoisotopic (exact) mass is 827 g/mol. The molecule has 50 heavy (non-hydrogen) atoms. The summed E-state index contributed by atoms with van der Waals surface area (Å²) in [6.07, 6.45) is 4.03. The van der Waals surface area contributed by atoms with Crippen molar-refractivity contribution in [2.45, 2.75) is 40.0 Å². The molecule has 4 aromatic heterocycles. The van der Waals surface area contributed by atoms with Crippen molar-refractivity contribution in [2.24, 2.45) is 0 Å². The fourth-order valence-corrected chi connectivity index (χ4v) is 8.36. The number of pyridine rings is 2. The third kappa shape index (κ3) is 4.23. The fraction of sp³-hybridized carbons (Fsp3) is 0.136. The molecule has 0 saturated carbocycles. The van der Waals surface area contributed by atoms with Crippen LogP contribution in [-0.4, -0.2) is 18.9 Å². The summed E-state index contributed by atoms with van der Waals surface area (Å²) in [4.78, 5) is 10.1. The molecule has 0 N–H and O–H groups in total. The smallest absolute Gasteiger partial charge is 0.503 e. The van der Waals surface area contributed by atoms with E-state index in [1.165, 1.54) is 44.3 Å². The van der Waals surface area contributed by atoms with Crippen molar-refractivity contribution < 1.29 is 25.8 Å². The van der Waals surface area contributed by atoms with Crippen molar-refractivity contribution >= 4 is 49.1 Å². The molecular weight excluding hydrogens is 796 g/mol. The number of hydrogen-bond acceptors (Lipinski definition) is 3. The molecule has 5 heterocycles. The standard InChI is InChI=1S/C44H32N4O.Pt/c1-25-20-26(2)40(27(3)21-25)37-24-47-38-14-7-6-10-31(38)30-17-15-28(22-34(30)42(47)46-37)49-29-16-18-32-33-11-8-12-35-41(33)48(39(32)23-29)43-36(44(35,4)5)13-9-19-45-43;/h6-21,24H,1-5H3;/q-2;+2. The average Bonchev–Trinajstić information content (AvgIpc) is 3.67. The minimum absolute atomic E-state index is 0. The molecule has 0 radical (unpaired) electrons. The van der Waals surface area contributed by atoms with Crippen LogP contribution in [0.2, 0.25) is 0 Å². The molecule has 6 heteroatoms. The Morgan fingerprint density at radius 3 is 2.26 bits per heavy atom. The molecule has 0 aliphatic carbocycles. The van der Waals surface area contributed by atoms with Crippen LogP contribution in [0.15, 0.2) is 103 Å². The zero-order valence-electron chi connectivity index (χ0n) is 28.3. The Kier molecular flexibility index (Phi) is 6.69. The van der Waals surface area contributed by atoms with E-state index in [9.17, 15) is 0 Å². The van der Waals surface area contributed by atoms with Gasteiger partial charge in [-0.15, -0.1) is 29.7 Å². The Balaban J connectivity index is 0.00000336. The molecule has 244 valence electrons. The maximum atomic E-state index is 6.59. The summed E-state index contributed by atoms with van der Waals surface area (Å²) in [7, 11) is 0. The molecule has 0 spiro atoms. The number of benzene rings is 5. The van der Waals surface area contributed by atoms with Crippen molar-refractivity contribution in [1.82, 2.24) is 18.9 Å². The van der Waals surface area contributed by atoms with E-state index in [-0.39, 0.29) is 26.5 Å². The first-order valence-electron chi connectivity index (χ1n) is 16.8. The van der Waals surface area contributed by atoms with E-state index in [0.717, 1.165) is 49.7 Å². The van der Waals surface area contributed by atoms with Crippen LogP contribution < -0.4 is 4.74 Å². The zero-order valence-corrected chi connectivity index (χ0v) is 30.6. The molecule has 1 aliphatic rings. The van der Waals surface area contributed by atoms with Crippen LogP contribution in [0.4, 0.5) is 0 Å². The van der Waals surface area contributed by atoms with E-state index in [1.54, 1.807) is 0 Å². The molecule has 0 bridgehead atoms. The van der Waals surface area contributed by atoms with E-state index in [2.05, 4.69) is 135 Å². The maximum Gasteiger partial charge on any atom is 2.00 e. The zero-order chi connectivity index (χ0) is 33.2. The molecule has 0 saturated heterocycles. The third-order valence-electron chi connectivity index (χ3n) is 10.5. The molecule has 5 nitrogen and oxygen atoms in total. The van der Waals surface area contributed by atoms with Crippen LogP contribution >= 0.6 is 0 Å². The molecule has 9 aromatic rings. The number of ether oxygens (including phenoxy) is 1. The van der Waals surface area contributed by atoms with E-state index in [1.807, 2.05) is 24.4 Å². The topological polar surface area (TPSA) is 44.4 Å². The number of imidazole rings is 1. The quantitative estimate of drug-likeness (QED) is 0.132. The second-order valence-corrected chi connectivity index (χ2v) is 13.9. The largest absolute Gasteiger partial charge is 2.00 e. The van der Waals surface area contributed by atoms with E-state index in [0.29, 0.717) is 11.5 Å². The first-order valence-corrected chi connectivity index (χ1v) is 16.8. The van der Waals surface area contributed by atoms with E-state index in [4.69, 9.17) is 14.7 Å². The molecule has 0 fully saturated rings. The van der Waals surface area contributed by atoms with Gasteiger partial charge in [0.25, 0.3) is 0 Å². The van der Waals surface area contributed by atoms with E-state index < -0.39 is 0 Å². The number of nitrogens with zero attached hydrogens (tertiary/aromatic N) is 4. The Bertz CT molecular complexity index is 2850. The number of aryl methyl sites for hydroxylation is 3. The molecule has 10 rings (SSSR count). The van der Waals surface area contributed by atoms with Crippen molar-refractivity contribution in [3.8, 4) is 28.6 Å². The van der Waals surface area contributed by atoms with Gasteiger partial charge < -0.3 is 13.7 Å². The van der Waals surface area contributed by atoms with Gasteiger partial charge in [0.15, 0.2) is 0 Å². The first-order chi connectivity index (χ1) is 23.8. The molecule has 0 amide bonds. The van der Waals surface area contributed by atoms with Crippen LogP contribution in [0.25, 0.3) is 66.2 Å². The number of rotatable bonds is 3. The summed E-state index contributed by atoms with van der Waals surface area (Å²) < 4.78 is 11.0. The predicted octanol–water partition coefficient (Wildman–Crippen LogP) is 10.8. The van der Waals surface area contributed by atoms with Crippen molar-refractivity contribution in [3.63, 3.8) is 0 Å². The number of aromatic nitrogens is 4. The van der Waals surface area contributed by atoms with Crippen LogP contribution in [0.1, 0.15) is 41.7 Å². The van der Waals surface area contributed by atoms with Crippen molar-refractivity contribution in [1.29, 1.82) is 0 Å². The van der Waals surface area contributed by atoms with Gasteiger partial charge in [0.05, 0.1) is 11.3 Å². The summed E-state index contributed by atoms with van der Waals surface area (Å²) >= 11 is 0. The second kappa shape index (κ2) is 10.9. The van der Waals surface area contributed by atoms with Gasteiger partial charge in [-0.05, 0) is 60.4 Å². The van der Waals surface area contributed by atoms with Gasteiger partial charge in [0.1, 0.15) is 5.82 Å². The SMILES string of the molecule is Cc1cc(C)c(-c2cn3c4ccccc4c4ccc(Oc5[c-]c6c(cc5)c5cccc7c5n6-c5ncccc5C7(C)C)[c-]c4c3n2)c(C)c1.[Pt+2]. The third-order valence-corrected chi connectivity index (χ3v) is 10.5. The maximum absolute atomic E-state index is 6.59. The van der Waals surface area contributed by atoms with Gasteiger partial charge in [0.2, 0.25) is 0 Å². The summed E-state index contributed by atoms with van der Waals surface area (Å²) in [5, 5.41) is 5.47. The summed E-state index contributed by atoms with van der Waals surface area (Å²) in [6.45, 7) is 11.0. The van der Waals surface area contributed by atoms with Gasteiger partial charge in [0, 0.05) is 51.5 Å². The molecule has 5 aromatic carbocycles. The summed E-state index contributed by atoms with van der Waals surface area (Å²) in [6, 6.07) is 39.3. The summed E-state index contributed by atoms with van der Waals surface area (Å²) in [5.41, 5.74) is 12.2. The van der Waals surface area contributed by atoms with Crippen LogP contribution in [-0.2, 0) is 26.5 Å². The minimum Gasteiger partial charge on any atom is -0.503 e. The minimum atomic E-state index is -0.175. The molecule has 1 aliphatic heterocycles. The van der Waals surface area contributed by atoms with Gasteiger partial charge >= 0.3 is 21.1 Å². The molecule has 0 atom stereocenters. The van der Waals surface area contributed by atoms with Gasteiger partial charge in [-0.25, -0.2) is 4.98 Å². The number of hydrogen-bond donors (Lipinski definition) is 0. The number of para-hydroxylation sites is 2. The molecule has 0 unspecified atom stereocenters. The normalized spacial score (nSPS) is 13.3. The Hall–Kier alpha value is -5.25. The average molecular weight is 828 g/mol. The van der Waals surface area contributed by atoms with Crippen LogP contribution in [0.3, 0.4) is 0 Å². The van der Waals surface area contributed by atoms with Crippen molar-refractivity contribution in [3.05, 3.63) is 143 Å². The van der Waals surface area contributed by atoms with Gasteiger partial charge in [-0.3, -0.25) is 4.98 Å². The van der Waals surface area contributed by atoms with Crippen LogP contribution in [0.5, 0.6) is 11.5 Å². The predicted molar refractivity (Wildman–Crippen MR) is 198 cm³/mol. The number of fused-ring (bicyclic) bond motifs is 11. The van der Waals surface area contributed by atoms with Gasteiger partial charge in [-0.1, -0.05) is 96.4 Å². The van der Waals surface area contributed by atoms with Crippen molar-refractivity contribution in [2.75, 3.05) is 0 Å². The summed E-state index contributed by atoms with van der Waals surface area (Å²) in [5.74, 6) is 2.18. The molecular formula is C44H32N4OPt.